The SMILES string of the molecule is CN1CCN(CCNS(=O)(=O)c2cccc3c(N(C)C)cccc23)CCN(C)CCN(CCNS(=O)(=O)c2cccc3c(N(C)C)cccc23)CC1. The van der Waals surface area contributed by atoms with Crippen LogP contribution in [0, 0.1) is 0 Å². The number of fused-ring (bicyclic) bond motifs is 2. The van der Waals surface area contributed by atoms with Crippen LogP contribution in [0.3, 0.4) is 0 Å². The van der Waals surface area contributed by atoms with Gasteiger partial charge in [0.1, 0.15) is 0 Å². The van der Waals surface area contributed by atoms with Crippen LogP contribution in [0.5, 0.6) is 0 Å². The van der Waals surface area contributed by atoms with Crippen LogP contribution >= 0.6 is 0 Å². The average molecular weight is 753 g/mol. The van der Waals surface area contributed by atoms with Gasteiger partial charge in [0.25, 0.3) is 0 Å². The van der Waals surface area contributed by atoms with Crippen LogP contribution in [0.1, 0.15) is 0 Å². The monoisotopic (exact) mass is 752 g/mol. The molecule has 0 aliphatic carbocycles. The molecule has 52 heavy (non-hydrogen) atoms. The van der Waals surface area contributed by atoms with Crippen LogP contribution in [0.25, 0.3) is 21.5 Å². The Morgan fingerprint density at radius 2 is 0.827 bits per heavy atom. The van der Waals surface area contributed by atoms with Gasteiger partial charge < -0.3 is 19.6 Å². The van der Waals surface area contributed by atoms with Crippen molar-refractivity contribution in [2.45, 2.75) is 9.79 Å². The van der Waals surface area contributed by atoms with E-state index >= 15 is 0 Å². The molecule has 1 heterocycles. The largest absolute Gasteiger partial charge is 0.377 e. The van der Waals surface area contributed by atoms with Gasteiger partial charge in [-0.3, -0.25) is 9.80 Å². The number of sulfonamides is 2. The molecule has 1 aliphatic rings. The van der Waals surface area contributed by atoms with Crippen molar-refractivity contribution in [1.82, 2.24) is 29.0 Å². The van der Waals surface area contributed by atoms with Gasteiger partial charge in [-0.15, -0.1) is 0 Å². The minimum absolute atomic E-state index is 0.298. The molecule has 0 amide bonds. The highest BCUT2D eigenvalue weighted by Gasteiger charge is 2.21. The number of rotatable bonds is 12. The van der Waals surface area contributed by atoms with Gasteiger partial charge in [-0.05, 0) is 38.4 Å². The van der Waals surface area contributed by atoms with Crippen LogP contribution < -0.4 is 19.2 Å². The van der Waals surface area contributed by atoms with Crippen molar-refractivity contribution in [3.63, 3.8) is 0 Å². The first-order valence-electron chi connectivity index (χ1n) is 18.0. The van der Waals surface area contributed by atoms with E-state index in [0.717, 1.165) is 74.5 Å². The Bertz CT molecular complexity index is 1860. The summed E-state index contributed by atoms with van der Waals surface area (Å²) in [7, 11) is 4.61. The molecule has 0 radical (unpaired) electrons. The van der Waals surface area contributed by atoms with Crippen molar-refractivity contribution in [2.24, 2.45) is 0 Å². The second-order valence-corrected chi connectivity index (χ2v) is 17.6. The third-order valence-corrected chi connectivity index (χ3v) is 12.9. The predicted molar refractivity (Wildman–Crippen MR) is 215 cm³/mol. The molecule has 1 aliphatic heterocycles. The van der Waals surface area contributed by atoms with Gasteiger partial charge in [0.2, 0.25) is 20.0 Å². The Morgan fingerprint density at radius 3 is 1.17 bits per heavy atom. The van der Waals surface area contributed by atoms with E-state index in [1.807, 2.05) is 86.5 Å². The minimum atomic E-state index is -3.71. The topological polar surface area (TPSA) is 112 Å². The first-order valence-corrected chi connectivity index (χ1v) is 20.9. The molecule has 1 saturated heterocycles. The fourth-order valence-corrected chi connectivity index (χ4v) is 9.23. The van der Waals surface area contributed by atoms with Gasteiger partial charge in [-0.2, -0.15) is 0 Å². The van der Waals surface area contributed by atoms with Crippen molar-refractivity contribution < 1.29 is 16.8 Å². The first kappa shape index (κ1) is 39.9. The smallest absolute Gasteiger partial charge is 0.241 e. The molecule has 0 unspecified atom stereocenters. The number of nitrogens with zero attached hydrogens (tertiary/aromatic N) is 6. The van der Waals surface area contributed by atoms with Crippen molar-refractivity contribution >= 4 is 53.0 Å². The van der Waals surface area contributed by atoms with Gasteiger partial charge in [-0.25, -0.2) is 26.3 Å². The summed E-state index contributed by atoms with van der Waals surface area (Å²) in [6.45, 7) is 8.44. The highest BCUT2D eigenvalue weighted by atomic mass is 32.2. The van der Waals surface area contributed by atoms with Crippen molar-refractivity contribution in [3.8, 4) is 0 Å². The van der Waals surface area contributed by atoms with Crippen LogP contribution in [0.15, 0.2) is 82.6 Å². The highest BCUT2D eigenvalue weighted by Crippen LogP contribution is 2.31. The molecule has 5 rings (SSSR count). The third-order valence-electron chi connectivity index (χ3n) is 9.89. The summed E-state index contributed by atoms with van der Waals surface area (Å²) in [5.41, 5.74) is 1.95. The Balaban J connectivity index is 1.14. The number of hydrogen-bond acceptors (Lipinski definition) is 10. The maximum Gasteiger partial charge on any atom is 0.241 e. The van der Waals surface area contributed by atoms with Gasteiger partial charge in [-0.1, -0.05) is 48.5 Å². The lowest BCUT2D eigenvalue weighted by atomic mass is 10.1. The van der Waals surface area contributed by atoms with Crippen LogP contribution in [-0.2, 0) is 20.0 Å². The van der Waals surface area contributed by atoms with Gasteiger partial charge in [0, 0.05) is 140 Å². The Kier molecular flexibility index (Phi) is 13.5. The zero-order valence-electron chi connectivity index (χ0n) is 31.5. The van der Waals surface area contributed by atoms with Crippen molar-refractivity contribution in [1.29, 1.82) is 0 Å². The van der Waals surface area contributed by atoms with Crippen molar-refractivity contribution in [2.75, 3.05) is 131 Å². The number of hydrogen-bond donors (Lipinski definition) is 2. The molecule has 0 aromatic heterocycles. The molecule has 0 atom stereocenters. The first-order chi connectivity index (χ1) is 24.8. The molecule has 4 aromatic carbocycles. The third kappa shape index (κ3) is 9.99. The van der Waals surface area contributed by atoms with Gasteiger partial charge in [0.15, 0.2) is 0 Å². The normalized spacial score (nSPS) is 16.9. The summed E-state index contributed by atoms with van der Waals surface area (Å²) in [5, 5.41) is 3.24. The zero-order valence-corrected chi connectivity index (χ0v) is 33.2. The molecule has 0 spiro atoms. The van der Waals surface area contributed by atoms with E-state index in [1.54, 1.807) is 24.3 Å². The summed E-state index contributed by atoms with van der Waals surface area (Å²) in [6, 6.07) is 22.4. The summed E-state index contributed by atoms with van der Waals surface area (Å²) in [4.78, 5) is 13.8. The Hall–Kier alpha value is -3.34. The van der Waals surface area contributed by atoms with Crippen LogP contribution in [-0.4, -0.2) is 157 Å². The molecule has 4 aromatic rings. The lowest BCUT2D eigenvalue weighted by molar-refractivity contribution is 0.156. The summed E-state index contributed by atoms with van der Waals surface area (Å²) in [6.07, 6.45) is 0. The molecule has 14 heteroatoms. The summed E-state index contributed by atoms with van der Waals surface area (Å²) in [5.74, 6) is 0. The number of likely N-dealkylation sites (N-methyl/N-ethyl adjacent to an activating group) is 2. The molecule has 2 N–H and O–H groups in total. The lowest BCUT2D eigenvalue weighted by Crippen LogP contribution is -2.46. The molecule has 12 nitrogen and oxygen atoms in total. The molecule has 0 saturated carbocycles. The number of anilines is 2. The van der Waals surface area contributed by atoms with E-state index < -0.39 is 20.0 Å². The fourth-order valence-electron chi connectivity index (χ4n) is 6.75. The van der Waals surface area contributed by atoms with E-state index in [1.165, 1.54) is 0 Å². The van der Waals surface area contributed by atoms with E-state index in [2.05, 4.69) is 43.1 Å². The standard InChI is InChI=1S/C38H56N8O4S2/c1-41(2)35-15-7-13-33-31(35)11-9-17-37(33)51(47,48)39-19-21-45-27-23-43(5)25-29-46(30-26-44(6)24-28-45)22-20-40-52(49,50)38-18-10-12-32-34(38)14-8-16-36(32)42(3)4/h7-18,39-40H,19-30H2,1-6H3. The minimum Gasteiger partial charge on any atom is -0.377 e. The molecule has 284 valence electrons. The average Bonchev–Trinajstić information content (AvgIpc) is 3.11. The second kappa shape index (κ2) is 17.7. The Labute approximate surface area is 311 Å². The van der Waals surface area contributed by atoms with Crippen LogP contribution in [0.4, 0.5) is 11.4 Å². The summed E-state index contributed by atoms with van der Waals surface area (Å²) >= 11 is 0. The lowest BCUT2D eigenvalue weighted by Gasteiger charge is -2.32. The molecule has 0 bridgehead atoms. The quantitative estimate of drug-likeness (QED) is 0.224. The van der Waals surface area contributed by atoms with Gasteiger partial charge in [0.05, 0.1) is 9.79 Å². The van der Waals surface area contributed by atoms with E-state index in [-0.39, 0.29) is 0 Å². The maximum atomic E-state index is 13.5. The molecular weight excluding hydrogens is 697 g/mol. The fraction of sp³-hybridized carbons (Fsp3) is 0.474. The van der Waals surface area contributed by atoms with E-state index in [0.29, 0.717) is 46.7 Å². The summed E-state index contributed by atoms with van der Waals surface area (Å²) < 4.78 is 59.7. The second-order valence-electron chi connectivity index (χ2n) is 14.1. The molecule has 1 fully saturated rings. The zero-order chi connectivity index (χ0) is 37.5. The maximum absolute atomic E-state index is 13.5. The van der Waals surface area contributed by atoms with E-state index in [4.69, 9.17) is 0 Å². The van der Waals surface area contributed by atoms with Gasteiger partial charge >= 0.3 is 0 Å². The molecular formula is C38H56N8O4S2. The van der Waals surface area contributed by atoms with E-state index in [9.17, 15) is 16.8 Å². The van der Waals surface area contributed by atoms with Crippen molar-refractivity contribution in [3.05, 3.63) is 72.8 Å². The Morgan fingerprint density at radius 1 is 0.500 bits per heavy atom. The predicted octanol–water partition coefficient (Wildman–Crippen LogP) is 2.86. The van der Waals surface area contributed by atoms with Crippen LogP contribution in [0.2, 0.25) is 0 Å². The number of nitrogens with one attached hydrogen (secondary N) is 2. The number of benzene rings is 4. The highest BCUT2D eigenvalue weighted by molar-refractivity contribution is 7.90.